The Hall–Kier alpha value is -0.290. The largest absolute Gasteiger partial charge is 0.394 e. The van der Waals surface area contributed by atoms with Gasteiger partial charge in [-0.3, -0.25) is 0 Å². The first-order chi connectivity index (χ1) is 7.25. The molecule has 0 unspecified atom stereocenters. The summed E-state index contributed by atoms with van der Waals surface area (Å²) < 4.78 is 5.97. The molecule has 0 radical (unpaired) electrons. The van der Waals surface area contributed by atoms with Gasteiger partial charge in [0.05, 0.1) is 35.0 Å². The number of anilines is 1. The van der Waals surface area contributed by atoms with E-state index in [2.05, 4.69) is 21.2 Å². The summed E-state index contributed by atoms with van der Waals surface area (Å²) in [4.78, 5) is 0. The third-order valence-corrected chi connectivity index (χ3v) is 3.15. The van der Waals surface area contributed by atoms with Gasteiger partial charge in [0.1, 0.15) is 0 Å². The lowest BCUT2D eigenvalue weighted by Crippen LogP contribution is -2.11. The van der Waals surface area contributed by atoms with E-state index < -0.39 is 0 Å². The second kappa shape index (κ2) is 7.06. The van der Waals surface area contributed by atoms with Gasteiger partial charge in [-0.15, -0.1) is 0 Å². The first kappa shape index (κ1) is 12.8. The van der Waals surface area contributed by atoms with Crippen LogP contribution in [0, 0.1) is 0 Å². The van der Waals surface area contributed by atoms with E-state index >= 15 is 0 Å². The third kappa shape index (κ3) is 4.38. The van der Waals surface area contributed by atoms with Gasteiger partial charge in [0.15, 0.2) is 0 Å². The number of hydrogen-bond donors (Lipinski definition) is 2. The summed E-state index contributed by atoms with van der Waals surface area (Å²) in [5, 5.41) is 12.3. The molecule has 0 fully saturated rings. The standard InChI is InChI=1S/C10H13BrClNO2/c11-10-8(12)2-1-3-9(10)13-4-6-15-7-5-14/h1-3,13-14H,4-7H2. The summed E-state index contributed by atoms with van der Waals surface area (Å²) in [6, 6.07) is 5.63. The van der Waals surface area contributed by atoms with Crippen molar-refractivity contribution in [1.29, 1.82) is 0 Å². The van der Waals surface area contributed by atoms with Crippen molar-refractivity contribution in [1.82, 2.24) is 0 Å². The van der Waals surface area contributed by atoms with Crippen molar-refractivity contribution in [3.8, 4) is 0 Å². The van der Waals surface area contributed by atoms with E-state index in [0.29, 0.717) is 24.8 Å². The molecule has 0 saturated heterocycles. The molecule has 0 bridgehead atoms. The molecule has 5 heteroatoms. The van der Waals surface area contributed by atoms with E-state index in [1.54, 1.807) is 0 Å². The van der Waals surface area contributed by atoms with E-state index in [9.17, 15) is 0 Å². The topological polar surface area (TPSA) is 41.5 Å². The summed E-state index contributed by atoms with van der Waals surface area (Å²) in [7, 11) is 0. The van der Waals surface area contributed by atoms with Gasteiger partial charge in [-0.1, -0.05) is 17.7 Å². The summed E-state index contributed by atoms with van der Waals surface area (Å²) in [5.74, 6) is 0. The van der Waals surface area contributed by atoms with Gasteiger partial charge in [-0.2, -0.15) is 0 Å². The van der Waals surface area contributed by atoms with Crippen LogP contribution in [0.4, 0.5) is 5.69 Å². The number of aliphatic hydroxyl groups is 1. The van der Waals surface area contributed by atoms with Crippen molar-refractivity contribution >= 4 is 33.2 Å². The second-order valence-corrected chi connectivity index (χ2v) is 4.06. The molecule has 0 aliphatic rings. The lowest BCUT2D eigenvalue weighted by atomic mass is 10.3. The summed E-state index contributed by atoms with van der Waals surface area (Å²) >= 11 is 9.31. The molecule has 0 atom stereocenters. The minimum atomic E-state index is 0.0564. The number of nitrogens with one attached hydrogen (secondary N) is 1. The van der Waals surface area contributed by atoms with Crippen molar-refractivity contribution in [3.05, 3.63) is 27.7 Å². The molecule has 0 aliphatic heterocycles. The van der Waals surface area contributed by atoms with Crippen molar-refractivity contribution < 1.29 is 9.84 Å². The molecule has 84 valence electrons. The van der Waals surface area contributed by atoms with Gasteiger partial charge in [-0.25, -0.2) is 0 Å². The van der Waals surface area contributed by atoms with Crippen LogP contribution in [0.3, 0.4) is 0 Å². The Morgan fingerprint density at radius 1 is 1.40 bits per heavy atom. The first-order valence-electron chi connectivity index (χ1n) is 4.62. The smallest absolute Gasteiger partial charge is 0.0698 e. The second-order valence-electron chi connectivity index (χ2n) is 2.86. The molecule has 0 aromatic heterocycles. The Balaban J connectivity index is 2.34. The maximum atomic E-state index is 8.49. The van der Waals surface area contributed by atoms with Crippen LogP contribution in [0.15, 0.2) is 22.7 Å². The predicted octanol–water partition coefficient (Wildman–Crippen LogP) is 2.52. The molecular formula is C10H13BrClNO2. The zero-order chi connectivity index (χ0) is 11.1. The Kier molecular flexibility index (Phi) is 6.02. The SMILES string of the molecule is OCCOCCNc1cccc(Cl)c1Br. The molecule has 1 aromatic carbocycles. The molecule has 1 rings (SSSR count). The Bertz CT molecular complexity index is 309. The quantitative estimate of drug-likeness (QED) is 0.792. The molecule has 0 spiro atoms. The Morgan fingerprint density at radius 2 is 2.20 bits per heavy atom. The summed E-state index contributed by atoms with van der Waals surface area (Å²) in [5.41, 5.74) is 0.940. The van der Waals surface area contributed by atoms with Gasteiger partial charge in [0.2, 0.25) is 0 Å². The fraction of sp³-hybridized carbons (Fsp3) is 0.400. The van der Waals surface area contributed by atoms with E-state index in [4.69, 9.17) is 21.4 Å². The highest BCUT2D eigenvalue weighted by Gasteiger charge is 2.02. The first-order valence-corrected chi connectivity index (χ1v) is 5.79. The van der Waals surface area contributed by atoms with Crippen LogP contribution < -0.4 is 5.32 Å². The fourth-order valence-corrected chi connectivity index (χ4v) is 1.64. The molecule has 0 heterocycles. The van der Waals surface area contributed by atoms with Crippen LogP contribution in [0.25, 0.3) is 0 Å². The van der Waals surface area contributed by atoms with Crippen LogP contribution in [0.5, 0.6) is 0 Å². The summed E-state index contributed by atoms with van der Waals surface area (Å²) in [6.07, 6.45) is 0. The minimum absolute atomic E-state index is 0.0564. The average Bonchev–Trinajstić information content (AvgIpc) is 2.24. The van der Waals surface area contributed by atoms with Crippen LogP contribution >= 0.6 is 27.5 Å². The van der Waals surface area contributed by atoms with Gasteiger partial charge < -0.3 is 15.2 Å². The zero-order valence-electron chi connectivity index (χ0n) is 8.17. The Morgan fingerprint density at radius 3 is 2.93 bits per heavy atom. The van der Waals surface area contributed by atoms with E-state index in [1.807, 2.05) is 18.2 Å². The Labute approximate surface area is 103 Å². The van der Waals surface area contributed by atoms with Gasteiger partial charge in [0, 0.05) is 6.54 Å². The van der Waals surface area contributed by atoms with Crippen molar-refractivity contribution in [2.75, 3.05) is 31.7 Å². The van der Waals surface area contributed by atoms with Crippen molar-refractivity contribution in [2.24, 2.45) is 0 Å². The molecule has 15 heavy (non-hydrogen) atoms. The normalized spacial score (nSPS) is 10.3. The lowest BCUT2D eigenvalue weighted by molar-refractivity contribution is 0.0992. The van der Waals surface area contributed by atoms with E-state index in [0.717, 1.165) is 10.2 Å². The molecule has 1 aromatic rings. The molecule has 0 amide bonds. The predicted molar refractivity (Wildman–Crippen MR) is 65.5 cm³/mol. The average molecular weight is 295 g/mol. The lowest BCUT2D eigenvalue weighted by Gasteiger charge is -2.09. The number of halogens is 2. The fourth-order valence-electron chi connectivity index (χ4n) is 1.06. The molecule has 0 aliphatic carbocycles. The number of rotatable bonds is 6. The third-order valence-electron chi connectivity index (χ3n) is 1.75. The van der Waals surface area contributed by atoms with Crippen LogP contribution in [-0.2, 0) is 4.74 Å². The summed E-state index contributed by atoms with van der Waals surface area (Å²) in [6.45, 7) is 1.66. The van der Waals surface area contributed by atoms with Gasteiger partial charge in [0.25, 0.3) is 0 Å². The molecule has 0 saturated carbocycles. The highest BCUT2D eigenvalue weighted by Crippen LogP contribution is 2.29. The monoisotopic (exact) mass is 293 g/mol. The number of benzene rings is 1. The molecule has 2 N–H and O–H groups in total. The minimum Gasteiger partial charge on any atom is -0.394 e. The van der Waals surface area contributed by atoms with Gasteiger partial charge in [-0.05, 0) is 28.1 Å². The maximum absolute atomic E-state index is 8.49. The number of aliphatic hydroxyl groups excluding tert-OH is 1. The number of hydrogen-bond acceptors (Lipinski definition) is 3. The highest BCUT2D eigenvalue weighted by molar-refractivity contribution is 9.10. The van der Waals surface area contributed by atoms with Gasteiger partial charge >= 0.3 is 0 Å². The van der Waals surface area contributed by atoms with E-state index in [-0.39, 0.29) is 6.61 Å². The van der Waals surface area contributed by atoms with E-state index in [1.165, 1.54) is 0 Å². The number of ether oxygens (including phenoxy) is 1. The zero-order valence-corrected chi connectivity index (χ0v) is 10.5. The van der Waals surface area contributed by atoms with Crippen molar-refractivity contribution in [3.63, 3.8) is 0 Å². The molecular weight excluding hydrogens is 281 g/mol. The van der Waals surface area contributed by atoms with Crippen LogP contribution in [-0.4, -0.2) is 31.5 Å². The van der Waals surface area contributed by atoms with Crippen molar-refractivity contribution in [2.45, 2.75) is 0 Å². The highest BCUT2D eigenvalue weighted by atomic mass is 79.9. The van der Waals surface area contributed by atoms with Crippen LogP contribution in [0.2, 0.25) is 5.02 Å². The molecule has 3 nitrogen and oxygen atoms in total. The maximum Gasteiger partial charge on any atom is 0.0698 e. The van der Waals surface area contributed by atoms with Crippen LogP contribution in [0.1, 0.15) is 0 Å².